The summed E-state index contributed by atoms with van der Waals surface area (Å²) in [5.74, 6) is -1.25. The molecule has 1 heterocycles. The molecule has 230 valence electrons. The van der Waals surface area contributed by atoms with Gasteiger partial charge < -0.3 is 25.0 Å². The van der Waals surface area contributed by atoms with Crippen molar-refractivity contribution in [2.75, 3.05) is 36.8 Å². The SMILES string of the molecule is C[C@@H]1CN([C@H](C)CO)C(=O)Cc2cc(NS(=O)(=O)c3ccc(F)cc3)ccc2O[C@@H]1CN(C)C(=O)Nc1ccc(F)cc1. The second-order valence-electron chi connectivity index (χ2n) is 10.6. The van der Waals surface area contributed by atoms with Gasteiger partial charge in [-0.1, -0.05) is 6.92 Å². The van der Waals surface area contributed by atoms with Crippen molar-refractivity contribution in [2.45, 2.75) is 37.3 Å². The maximum absolute atomic E-state index is 13.4. The normalized spacial score (nSPS) is 17.9. The Labute approximate surface area is 249 Å². The zero-order valence-electron chi connectivity index (χ0n) is 24.0. The first kappa shape index (κ1) is 31.7. The summed E-state index contributed by atoms with van der Waals surface area (Å²) in [5.41, 5.74) is 0.981. The molecule has 0 unspecified atom stereocenters. The number of ether oxygens (including phenoxy) is 1. The second kappa shape index (κ2) is 13.4. The van der Waals surface area contributed by atoms with E-state index >= 15 is 0 Å². The third-order valence-corrected chi connectivity index (χ3v) is 8.59. The molecule has 4 rings (SSSR count). The van der Waals surface area contributed by atoms with Crippen molar-refractivity contribution in [3.8, 4) is 5.75 Å². The number of aliphatic hydroxyl groups is 1. The van der Waals surface area contributed by atoms with Crippen molar-refractivity contribution in [1.29, 1.82) is 0 Å². The first-order chi connectivity index (χ1) is 20.4. The molecule has 10 nitrogen and oxygen atoms in total. The van der Waals surface area contributed by atoms with Gasteiger partial charge in [0.25, 0.3) is 10.0 Å². The minimum absolute atomic E-state index is 0.113. The Morgan fingerprint density at radius 1 is 1.07 bits per heavy atom. The zero-order chi connectivity index (χ0) is 31.3. The number of carbonyl (C=O) groups is 2. The number of anilines is 2. The Morgan fingerprint density at radius 3 is 2.30 bits per heavy atom. The summed E-state index contributed by atoms with van der Waals surface area (Å²) in [7, 11) is -2.47. The largest absolute Gasteiger partial charge is 0.488 e. The van der Waals surface area contributed by atoms with E-state index in [0.29, 0.717) is 17.0 Å². The van der Waals surface area contributed by atoms with Gasteiger partial charge in [-0.25, -0.2) is 22.0 Å². The number of aliphatic hydroxyl groups excluding tert-OH is 1. The van der Waals surface area contributed by atoms with Crippen LogP contribution in [0, 0.1) is 17.6 Å². The van der Waals surface area contributed by atoms with Crippen LogP contribution in [0.3, 0.4) is 0 Å². The fraction of sp³-hybridized carbons (Fsp3) is 0.333. The molecule has 13 heteroatoms. The van der Waals surface area contributed by atoms with Crippen LogP contribution >= 0.6 is 0 Å². The summed E-state index contributed by atoms with van der Waals surface area (Å²) < 4.78 is 61.2. The van der Waals surface area contributed by atoms with Crippen LogP contribution in [0.4, 0.5) is 25.0 Å². The van der Waals surface area contributed by atoms with Crippen LogP contribution in [-0.4, -0.2) is 74.2 Å². The Bertz CT molecular complexity index is 1550. The van der Waals surface area contributed by atoms with Crippen LogP contribution in [0.5, 0.6) is 5.75 Å². The van der Waals surface area contributed by atoms with Gasteiger partial charge in [0.2, 0.25) is 5.91 Å². The van der Waals surface area contributed by atoms with Crippen molar-refractivity contribution in [3.63, 3.8) is 0 Å². The molecule has 1 aliphatic rings. The van der Waals surface area contributed by atoms with E-state index in [2.05, 4.69) is 10.0 Å². The number of halogens is 2. The molecule has 0 bridgehead atoms. The molecule has 3 amide bonds. The number of nitrogens with one attached hydrogen (secondary N) is 2. The number of urea groups is 1. The number of amides is 3. The van der Waals surface area contributed by atoms with E-state index in [1.54, 1.807) is 24.9 Å². The quantitative estimate of drug-likeness (QED) is 0.350. The highest BCUT2D eigenvalue weighted by atomic mass is 32.2. The lowest BCUT2D eigenvalue weighted by atomic mass is 10.0. The third-order valence-electron chi connectivity index (χ3n) is 7.19. The Kier molecular flexibility index (Phi) is 9.87. The molecule has 0 aromatic heterocycles. The molecule has 0 saturated carbocycles. The number of carbonyl (C=O) groups excluding carboxylic acids is 2. The van der Waals surface area contributed by atoms with E-state index < -0.39 is 39.8 Å². The molecule has 0 spiro atoms. The number of fused-ring (bicyclic) bond motifs is 1. The fourth-order valence-corrected chi connectivity index (χ4v) is 5.69. The number of benzene rings is 3. The van der Waals surface area contributed by atoms with E-state index in [1.165, 1.54) is 41.3 Å². The topological polar surface area (TPSA) is 128 Å². The highest BCUT2D eigenvalue weighted by Crippen LogP contribution is 2.30. The first-order valence-corrected chi connectivity index (χ1v) is 15.1. The summed E-state index contributed by atoms with van der Waals surface area (Å²) in [5, 5.41) is 12.6. The zero-order valence-corrected chi connectivity index (χ0v) is 24.8. The Morgan fingerprint density at radius 2 is 1.67 bits per heavy atom. The van der Waals surface area contributed by atoms with Crippen LogP contribution in [0.2, 0.25) is 0 Å². The second-order valence-corrected chi connectivity index (χ2v) is 12.3. The first-order valence-electron chi connectivity index (χ1n) is 13.6. The molecule has 3 aromatic carbocycles. The summed E-state index contributed by atoms with van der Waals surface area (Å²) >= 11 is 0. The number of hydrogen-bond donors (Lipinski definition) is 3. The molecule has 0 aliphatic carbocycles. The number of nitrogens with zero attached hydrogens (tertiary/aromatic N) is 2. The van der Waals surface area contributed by atoms with Gasteiger partial charge in [-0.3, -0.25) is 9.52 Å². The monoisotopic (exact) mass is 616 g/mol. The average molecular weight is 617 g/mol. The van der Waals surface area contributed by atoms with Crippen molar-refractivity contribution in [1.82, 2.24) is 9.80 Å². The van der Waals surface area contributed by atoms with E-state index in [4.69, 9.17) is 4.74 Å². The lowest BCUT2D eigenvalue weighted by Gasteiger charge is -2.34. The summed E-state index contributed by atoms with van der Waals surface area (Å²) in [6, 6.07) is 13.3. The minimum Gasteiger partial charge on any atom is -0.488 e. The van der Waals surface area contributed by atoms with Gasteiger partial charge in [-0.15, -0.1) is 0 Å². The molecule has 0 saturated heterocycles. The van der Waals surface area contributed by atoms with E-state index in [-0.39, 0.29) is 48.5 Å². The van der Waals surface area contributed by atoms with Gasteiger partial charge in [0.15, 0.2) is 0 Å². The molecule has 0 fully saturated rings. The lowest BCUT2D eigenvalue weighted by Crippen LogP contribution is -2.48. The van der Waals surface area contributed by atoms with Gasteiger partial charge in [-0.2, -0.15) is 0 Å². The smallest absolute Gasteiger partial charge is 0.321 e. The third kappa shape index (κ3) is 7.99. The summed E-state index contributed by atoms with van der Waals surface area (Å²) in [6.07, 6.45) is -0.740. The van der Waals surface area contributed by atoms with Gasteiger partial charge >= 0.3 is 6.03 Å². The van der Waals surface area contributed by atoms with Gasteiger partial charge in [0.1, 0.15) is 23.5 Å². The Balaban J connectivity index is 1.61. The van der Waals surface area contributed by atoms with Crippen LogP contribution in [0.1, 0.15) is 19.4 Å². The highest BCUT2D eigenvalue weighted by molar-refractivity contribution is 7.92. The van der Waals surface area contributed by atoms with Gasteiger partial charge in [0.05, 0.1) is 30.5 Å². The molecular formula is C30H34F2N4O6S. The standard InChI is InChI=1S/C30H34F2N4O6S/c1-19-16-36(20(2)18-37)29(38)15-21-14-25(34-43(40,41)26-11-6-23(32)7-12-26)10-13-27(21)42-28(19)17-35(3)30(39)33-24-8-4-22(31)5-9-24/h4-14,19-20,28,34,37H,15-18H2,1-3H3,(H,33,39)/t19-,20-,28-/m1/s1. The number of likely N-dealkylation sites (N-methyl/N-ethyl adjacent to an activating group) is 1. The van der Waals surface area contributed by atoms with Crippen LogP contribution in [0.15, 0.2) is 71.6 Å². The summed E-state index contributed by atoms with van der Waals surface area (Å²) in [4.78, 5) is 29.2. The highest BCUT2D eigenvalue weighted by Gasteiger charge is 2.32. The maximum Gasteiger partial charge on any atom is 0.321 e. The van der Waals surface area contributed by atoms with Crippen molar-refractivity contribution >= 4 is 33.3 Å². The number of rotatable bonds is 8. The predicted octanol–water partition coefficient (Wildman–Crippen LogP) is 4.08. The van der Waals surface area contributed by atoms with Crippen molar-refractivity contribution in [3.05, 3.63) is 83.9 Å². The van der Waals surface area contributed by atoms with Crippen LogP contribution < -0.4 is 14.8 Å². The van der Waals surface area contributed by atoms with E-state index in [1.807, 2.05) is 6.92 Å². The number of hydrogen-bond acceptors (Lipinski definition) is 6. The van der Waals surface area contributed by atoms with Crippen LogP contribution in [0.25, 0.3) is 0 Å². The molecule has 3 aromatic rings. The molecular weight excluding hydrogens is 582 g/mol. The van der Waals surface area contributed by atoms with Gasteiger partial charge in [0, 0.05) is 36.4 Å². The molecule has 43 heavy (non-hydrogen) atoms. The Hall–Kier alpha value is -4.23. The molecule has 0 radical (unpaired) electrons. The average Bonchev–Trinajstić information content (AvgIpc) is 3.01. The molecule has 1 aliphatic heterocycles. The maximum atomic E-state index is 13.4. The van der Waals surface area contributed by atoms with E-state index in [0.717, 1.165) is 24.3 Å². The van der Waals surface area contributed by atoms with Gasteiger partial charge in [-0.05, 0) is 73.7 Å². The molecule has 3 atom stereocenters. The van der Waals surface area contributed by atoms with Crippen molar-refractivity contribution < 1.29 is 36.6 Å². The lowest BCUT2D eigenvalue weighted by molar-refractivity contribution is -0.134. The fourth-order valence-electron chi connectivity index (χ4n) is 4.64. The predicted molar refractivity (Wildman–Crippen MR) is 157 cm³/mol. The number of sulfonamides is 1. The van der Waals surface area contributed by atoms with E-state index in [9.17, 15) is 31.9 Å². The summed E-state index contributed by atoms with van der Waals surface area (Å²) in [6.45, 7) is 3.67. The van der Waals surface area contributed by atoms with Crippen LogP contribution in [-0.2, 0) is 21.2 Å². The minimum atomic E-state index is -4.05. The molecule has 3 N–H and O–H groups in total. The van der Waals surface area contributed by atoms with Crippen molar-refractivity contribution in [2.24, 2.45) is 5.92 Å².